The Morgan fingerprint density at radius 3 is 2.57 bits per heavy atom. The molecular formula is C27H44O. The van der Waals surface area contributed by atoms with E-state index in [1.165, 1.54) is 56.9 Å². The molecule has 4 aliphatic rings. The highest BCUT2D eigenvalue weighted by atomic mass is 16.1. The number of hydrogen-bond acceptors (Lipinski definition) is 1. The molecule has 1 nitrogen and oxygen atoms in total. The molecule has 4 aliphatic carbocycles. The maximum atomic E-state index is 12.1. The van der Waals surface area contributed by atoms with Crippen LogP contribution in [-0.4, -0.2) is 5.78 Å². The Morgan fingerprint density at radius 2 is 1.82 bits per heavy atom. The molecule has 0 heterocycles. The van der Waals surface area contributed by atoms with Crippen LogP contribution < -0.4 is 0 Å². The summed E-state index contributed by atoms with van der Waals surface area (Å²) in [5, 5.41) is 0. The molecule has 0 saturated heterocycles. The van der Waals surface area contributed by atoms with Gasteiger partial charge >= 0.3 is 0 Å². The first-order valence-electron chi connectivity index (χ1n) is 12.5. The van der Waals surface area contributed by atoms with Crippen molar-refractivity contribution in [2.45, 2.75) is 105 Å². The summed E-state index contributed by atoms with van der Waals surface area (Å²) >= 11 is 0. The molecule has 158 valence electrons. The highest BCUT2D eigenvalue weighted by Gasteiger charge is 2.59. The van der Waals surface area contributed by atoms with Crippen molar-refractivity contribution in [1.82, 2.24) is 0 Å². The molecule has 0 bridgehead atoms. The molecule has 4 rings (SSSR count). The van der Waals surface area contributed by atoms with Crippen LogP contribution in [0.5, 0.6) is 0 Å². The summed E-state index contributed by atoms with van der Waals surface area (Å²) in [6.45, 7) is 12.5. The summed E-state index contributed by atoms with van der Waals surface area (Å²) in [6, 6.07) is 0. The maximum absolute atomic E-state index is 12.1. The summed E-state index contributed by atoms with van der Waals surface area (Å²) in [5.74, 6) is 5.82. The van der Waals surface area contributed by atoms with Crippen molar-refractivity contribution in [1.29, 1.82) is 0 Å². The Kier molecular flexibility index (Phi) is 5.60. The van der Waals surface area contributed by atoms with Crippen LogP contribution in [0.4, 0.5) is 0 Å². The minimum Gasteiger partial charge on any atom is -0.299 e. The summed E-state index contributed by atoms with van der Waals surface area (Å²) in [6.07, 6.45) is 16.5. The van der Waals surface area contributed by atoms with Gasteiger partial charge in [-0.1, -0.05) is 65.5 Å². The quantitative estimate of drug-likeness (QED) is 0.446. The topological polar surface area (TPSA) is 17.1 Å². The lowest BCUT2D eigenvalue weighted by Crippen LogP contribution is -2.50. The molecule has 0 unspecified atom stereocenters. The number of fused-ring (bicyclic) bond motifs is 5. The molecule has 0 amide bonds. The zero-order valence-corrected chi connectivity index (χ0v) is 19.2. The number of rotatable bonds is 5. The third-order valence-corrected chi connectivity index (χ3v) is 10.1. The van der Waals surface area contributed by atoms with Crippen LogP contribution in [0, 0.1) is 46.3 Å². The zero-order valence-electron chi connectivity index (χ0n) is 19.2. The smallest absolute Gasteiger partial charge is 0.136 e. The molecular weight excluding hydrogens is 340 g/mol. The molecule has 7 atom stereocenters. The first-order chi connectivity index (χ1) is 13.3. The van der Waals surface area contributed by atoms with Crippen molar-refractivity contribution in [2.75, 3.05) is 0 Å². The fraction of sp³-hybridized carbons (Fsp3) is 0.889. The highest BCUT2D eigenvalue weighted by Crippen LogP contribution is 2.67. The van der Waals surface area contributed by atoms with Crippen LogP contribution in [0.15, 0.2) is 11.6 Å². The predicted molar refractivity (Wildman–Crippen MR) is 118 cm³/mol. The molecule has 0 aromatic rings. The second-order valence-corrected chi connectivity index (χ2v) is 12.0. The van der Waals surface area contributed by atoms with Gasteiger partial charge in [0, 0.05) is 12.8 Å². The fourth-order valence-corrected chi connectivity index (χ4v) is 8.50. The van der Waals surface area contributed by atoms with Gasteiger partial charge in [-0.25, -0.2) is 0 Å². The fourth-order valence-electron chi connectivity index (χ4n) is 8.50. The van der Waals surface area contributed by atoms with E-state index in [1.807, 2.05) is 0 Å². The van der Waals surface area contributed by atoms with Crippen LogP contribution in [0.2, 0.25) is 0 Å². The van der Waals surface area contributed by atoms with E-state index in [4.69, 9.17) is 0 Å². The van der Waals surface area contributed by atoms with Crippen molar-refractivity contribution in [3.63, 3.8) is 0 Å². The van der Waals surface area contributed by atoms with Crippen molar-refractivity contribution in [2.24, 2.45) is 46.3 Å². The number of Topliss-reactive ketones (excluding diaryl/α,β-unsaturated/α-hetero) is 1. The molecule has 0 N–H and O–H groups in total. The van der Waals surface area contributed by atoms with Gasteiger partial charge in [-0.3, -0.25) is 4.79 Å². The first-order valence-corrected chi connectivity index (χ1v) is 12.5. The van der Waals surface area contributed by atoms with Gasteiger partial charge in [-0.15, -0.1) is 0 Å². The maximum Gasteiger partial charge on any atom is 0.136 e. The van der Waals surface area contributed by atoms with E-state index < -0.39 is 0 Å². The van der Waals surface area contributed by atoms with E-state index in [9.17, 15) is 4.79 Å². The van der Waals surface area contributed by atoms with E-state index in [1.54, 1.807) is 0 Å². The van der Waals surface area contributed by atoms with Gasteiger partial charge in [-0.05, 0) is 84.9 Å². The normalized spacial score (nSPS) is 43.9. The van der Waals surface area contributed by atoms with E-state index in [0.717, 1.165) is 54.8 Å². The van der Waals surface area contributed by atoms with Crippen LogP contribution >= 0.6 is 0 Å². The molecule has 3 saturated carbocycles. The van der Waals surface area contributed by atoms with E-state index >= 15 is 0 Å². The number of hydrogen-bond donors (Lipinski definition) is 0. The summed E-state index contributed by atoms with van der Waals surface area (Å²) in [5.41, 5.74) is 2.43. The third kappa shape index (κ3) is 3.33. The van der Waals surface area contributed by atoms with Gasteiger partial charge < -0.3 is 0 Å². The van der Waals surface area contributed by atoms with Crippen LogP contribution in [0.1, 0.15) is 105 Å². The standard InChI is InChI=1S/C27H44O/c1-18(2)7-6-8-19(3)23-11-12-24-22-10-9-20-17-21(28)13-15-26(20,4)25(22)14-16-27(23,24)5/h9,18-19,22-25H,6-8,10-17H2,1-5H3/t19-,22+,23+,24-,25+,26-,27+/m0/s1. The predicted octanol–water partition coefficient (Wildman–Crippen LogP) is 7.60. The van der Waals surface area contributed by atoms with Crippen molar-refractivity contribution in [3.8, 4) is 0 Å². The lowest BCUT2D eigenvalue weighted by Gasteiger charge is -2.58. The Hall–Kier alpha value is -0.590. The van der Waals surface area contributed by atoms with Gasteiger partial charge in [0.25, 0.3) is 0 Å². The molecule has 0 spiro atoms. The molecule has 3 fully saturated rings. The average Bonchev–Trinajstić information content (AvgIpc) is 2.99. The van der Waals surface area contributed by atoms with E-state index in [2.05, 4.69) is 40.7 Å². The van der Waals surface area contributed by atoms with Gasteiger partial charge in [0.2, 0.25) is 0 Å². The van der Waals surface area contributed by atoms with Gasteiger partial charge in [0.1, 0.15) is 5.78 Å². The van der Waals surface area contributed by atoms with Crippen LogP contribution in [0.3, 0.4) is 0 Å². The number of ketones is 1. The van der Waals surface area contributed by atoms with Gasteiger partial charge in [-0.2, -0.15) is 0 Å². The monoisotopic (exact) mass is 384 g/mol. The van der Waals surface area contributed by atoms with E-state index in [0.29, 0.717) is 16.6 Å². The Morgan fingerprint density at radius 1 is 1.04 bits per heavy atom. The van der Waals surface area contributed by atoms with Crippen LogP contribution in [-0.2, 0) is 4.79 Å². The van der Waals surface area contributed by atoms with Crippen LogP contribution in [0.25, 0.3) is 0 Å². The first kappa shape index (κ1) is 20.7. The van der Waals surface area contributed by atoms with Gasteiger partial charge in [0.15, 0.2) is 0 Å². The second kappa shape index (κ2) is 7.59. The summed E-state index contributed by atoms with van der Waals surface area (Å²) in [7, 11) is 0. The Bertz CT molecular complexity index is 630. The number of carbonyl (C=O) groups excluding carboxylic acids is 1. The molecule has 1 heteroatoms. The number of allylic oxidation sites excluding steroid dienone is 2. The minimum absolute atomic E-state index is 0.332. The zero-order chi connectivity index (χ0) is 20.1. The largest absolute Gasteiger partial charge is 0.299 e. The Labute approximate surface area is 174 Å². The van der Waals surface area contributed by atoms with Gasteiger partial charge in [0.05, 0.1) is 0 Å². The second-order valence-electron chi connectivity index (χ2n) is 12.0. The minimum atomic E-state index is 0.332. The van der Waals surface area contributed by atoms with Crippen molar-refractivity contribution >= 4 is 5.78 Å². The van der Waals surface area contributed by atoms with Crippen molar-refractivity contribution in [3.05, 3.63) is 11.6 Å². The lowest BCUT2D eigenvalue weighted by molar-refractivity contribution is -0.122. The molecule has 0 radical (unpaired) electrons. The molecule has 0 aliphatic heterocycles. The lowest BCUT2D eigenvalue weighted by atomic mass is 9.47. The highest BCUT2D eigenvalue weighted by molar-refractivity contribution is 5.82. The molecule has 0 aromatic heterocycles. The summed E-state index contributed by atoms with van der Waals surface area (Å²) < 4.78 is 0. The third-order valence-electron chi connectivity index (χ3n) is 10.1. The average molecular weight is 385 g/mol. The SMILES string of the molecule is CC(C)CCC[C@H](C)[C@H]1CC[C@H]2[C@H]3CC=C4CC(=O)CC[C@]4(C)[C@@H]3CC[C@]12C. The van der Waals surface area contributed by atoms with E-state index in [-0.39, 0.29) is 0 Å². The molecule has 28 heavy (non-hydrogen) atoms. The van der Waals surface area contributed by atoms with Crippen molar-refractivity contribution < 1.29 is 4.79 Å². The molecule has 0 aromatic carbocycles. The summed E-state index contributed by atoms with van der Waals surface area (Å²) in [4.78, 5) is 12.1. The Balaban J connectivity index is 1.50. The number of carbonyl (C=O) groups is 1.